The van der Waals surface area contributed by atoms with Gasteiger partial charge in [0.2, 0.25) is 0 Å². The molecule has 0 aliphatic heterocycles. The summed E-state index contributed by atoms with van der Waals surface area (Å²) in [6.45, 7) is 0.447. The molecule has 0 saturated carbocycles. The summed E-state index contributed by atoms with van der Waals surface area (Å²) in [6, 6.07) is 4.07. The Morgan fingerprint density at radius 2 is 1.86 bits per heavy atom. The zero-order valence-electron chi connectivity index (χ0n) is 8.29. The van der Waals surface area contributed by atoms with E-state index in [2.05, 4.69) is 12.1 Å². The van der Waals surface area contributed by atoms with Crippen LogP contribution < -0.4 is 17.2 Å². The molecule has 0 spiro atoms. The maximum Gasteiger partial charge on any atom is 0.0440 e. The molecule has 1 aliphatic rings. The number of nitrogen functional groups attached to an aromatic ring is 1. The molecular formula is C11H17N3. The van der Waals surface area contributed by atoms with Crippen LogP contribution in [0.25, 0.3) is 0 Å². The zero-order valence-corrected chi connectivity index (χ0v) is 8.29. The molecule has 3 nitrogen and oxygen atoms in total. The SMILES string of the molecule is NCC(N)c1cc2c(cc1N)CCC2. The van der Waals surface area contributed by atoms with Gasteiger partial charge in [0.05, 0.1) is 0 Å². The number of benzene rings is 1. The van der Waals surface area contributed by atoms with Crippen molar-refractivity contribution >= 4 is 5.69 Å². The summed E-state index contributed by atoms with van der Waals surface area (Å²) in [5.74, 6) is 0. The molecule has 0 amide bonds. The van der Waals surface area contributed by atoms with Gasteiger partial charge in [-0.05, 0) is 42.0 Å². The van der Waals surface area contributed by atoms with Crippen molar-refractivity contribution in [3.63, 3.8) is 0 Å². The Labute approximate surface area is 84.3 Å². The molecule has 6 N–H and O–H groups in total. The molecule has 14 heavy (non-hydrogen) atoms. The third-order valence-electron chi connectivity index (χ3n) is 2.95. The van der Waals surface area contributed by atoms with Crippen LogP contribution in [0, 0.1) is 0 Å². The molecule has 0 heterocycles. The van der Waals surface area contributed by atoms with E-state index in [1.54, 1.807) is 0 Å². The van der Waals surface area contributed by atoms with E-state index < -0.39 is 0 Å². The van der Waals surface area contributed by atoms with E-state index in [0.29, 0.717) is 6.54 Å². The third-order valence-corrected chi connectivity index (χ3v) is 2.95. The Kier molecular flexibility index (Phi) is 2.44. The van der Waals surface area contributed by atoms with Gasteiger partial charge in [-0.15, -0.1) is 0 Å². The molecule has 1 aliphatic carbocycles. The molecule has 0 fully saturated rings. The molecule has 0 bridgehead atoms. The molecule has 1 aromatic rings. The smallest absolute Gasteiger partial charge is 0.0440 e. The van der Waals surface area contributed by atoms with Gasteiger partial charge in [-0.3, -0.25) is 0 Å². The quantitative estimate of drug-likeness (QED) is 0.603. The lowest BCUT2D eigenvalue weighted by Crippen LogP contribution is -2.22. The summed E-state index contributed by atoms with van der Waals surface area (Å²) in [6.07, 6.45) is 3.54. The van der Waals surface area contributed by atoms with Gasteiger partial charge in [0.15, 0.2) is 0 Å². The van der Waals surface area contributed by atoms with Gasteiger partial charge in [0.1, 0.15) is 0 Å². The third kappa shape index (κ3) is 1.49. The van der Waals surface area contributed by atoms with E-state index in [-0.39, 0.29) is 6.04 Å². The van der Waals surface area contributed by atoms with Gasteiger partial charge < -0.3 is 17.2 Å². The highest BCUT2D eigenvalue weighted by atomic mass is 14.7. The minimum atomic E-state index is -0.124. The fourth-order valence-electron chi connectivity index (χ4n) is 2.11. The largest absolute Gasteiger partial charge is 0.398 e. The summed E-state index contributed by atoms with van der Waals surface area (Å²) in [4.78, 5) is 0. The Morgan fingerprint density at radius 3 is 2.50 bits per heavy atom. The summed E-state index contributed by atoms with van der Waals surface area (Å²) < 4.78 is 0. The van der Waals surface area contributed by atoms with Crippen LogP contribution in [0.3, 0.4) is 0 Å². The predicted octanol–water partition coefficient (Wildman–Crippen LogP) is 0.716. The first-order valence-electron chi connectivity index (χ1n) is 5.09. The highest BCUT2D eigenvalue weighted by Crippen LogP contribution is 2.29. The van der Waals surface area contributed by atoms with E-state index >= 15 is 0 Å². The van der Waals surface area contributed by atoms with E-state index in [9.17, 15) is 0 Å². The number of rotatable bonds is 2. The second kappa shape index (κ2) is 3.59. The van der Waals surface area contributed by atoms with Crippen molar-refractivity contribution in [1.82, 2.24) is 0 Å². The van der Waals surface area contributed by atoms with Crippen molar-refractivity contribution < 1.29 is 0 Å². The van der Waals surface area contributed by atoms with Gasteiger partial charge in [0.25, 0.3) is 0 Å². The number of fused-ring (bicyclic) bond motifs is 1. The Hall–Kier alpha value is -1.06. The number of aryl methyl sites for hydroxylation is 2. The van der Waals surface area contributed by atoms with Crippen LogP contribution in [-0.4, -0.2) is 6.54 Å². The van der Waals surface area contributed by atoms with Crippen LogP contribution >= 0.6 is 0 Å². The molecule has 1 aromatic carbocycles. The highest BCUT2D eigenvalue weighted by Gasteiger charge is 2.15. The minimum absolute atomic E-state index is 0.124. The normalized spacial score (nSPS) is 16.7. The second-order valence-electron chi connectivity index (χ2n) is 3.95. The standard InChI is InChI=1S/C11H17N3/c12-6-11(14)9-4-7-2-1-3-8(7)5-10(9)13/h4-5,11H,1-3,6,12-14H2. The van der Waals surface area contributed by atoms with Gasteiger partial charge >= 0.3 is 0 Å². The van der Waals surface area contributed by atoms with Crippen molar-refractivity contribution in [3.05, 3.63) is 28.8 Å². The van der Waals surface area contributed by atoms with E-state index in [4.69, 9.17) is 17.2 Å². The van der Waals surface area contributed by atoms with E-state index in [0.717, 1.165) is 24.1 Å². The number of hydrogen-bond acceptors (Lipinski definition) is 3. The molecule has 1 unspecified atom stereocenters. The molecule has 3 heteroatoms. The Bertz CT molecular complexity index is 347. The van der Waals surface area contributed by atoms with Gasteiger partial charge in [-0.25, -0.2) is 0 Å². The van der Waals surface area contributed by atoms with Crippen LogP contribution in [0.2, 0.25) is 0 Å². The van der Waals surface area contributed by atoms with Crippen LogP contribution in [-0.2, 0) is 12.8 Å². The minimum Gasteiger partial charge on any atom is -0.398 e. The molecular weight excluding hydrogens is 174 g/mol. The van der Waals surface area contributed by atoms with Crippen LogP contribution in [0.1, 0.15) is 29.2 Å². The molecule has 0 saturated heterocycles. The summed E-state index contributed by atoms with van der Waals surface area (Å²) in [5, 5.41) is 0. The Balaban J connectivity index is 2.42. The molecule has 76 valence electrons. The second-order valence-corrected chi connectivity index (χ2v) is 3.95. The average Bonchev–Trinajstić information content (AvgIpc) is 2.62. The maximum atomic E-state index is 5.93. The molecule has 2 rings (SSSR count). The van der Waals surface area contributed by atoms with Crippen molar-refractivity contribution in [3.8, 4) is 0 Å². The topological polar surface area (TPSA) is 78.1 Å². The maximum absolute atomic E-state index is 5.93. The van der Waals surface area contributed by atoms with E-state index in [1.807, 2.05) is 0 Å². The summed E-state index contributed by atoms with van der Waals surface area (Å²) >= 11 is 0. The number of anilines is 1. The summed E-state index contributed by atoms with van der Waals surface area (Å²) in [5.41, 5.74) is 21.9. The van der Waals surface area contributed by atoms with Crippen molar-refractivity contribution in [2.75, 3.05) is 12.3 Å². The van der Waals surface area contributed by atoms with Gasteiger partial charge in [0, 0.05) is 18.3 Å². The van der Waals surface area contributed by atoms with E-state index in [1.165, 1.54) is 17.5 Å². The summed E-state index contributed by atoms with van der Waals surface area (Å²) in [7, 11) is 0. The lowest BCUT2D eigenvalue weighted by atomic mass is 9.99. The van der Waals surface area contributed by atoms with Crippen LogP contribution in [0.5, 0.6) is 0 Å². The lowest BCUT2D eigenvalue weighted by molar-refractivity contribution is 0.738. The monoisotopic (exact) mass is 191 g/mol. The lowest BCUT2D eigenvalue weighted by Gasteiger charge is -2.14. The highest BCUT2D eigenvalue weighted by molar-refractivity contribution is 5.54. The van der Waals surface area contributed by atoms with Crippen molar-refractivity contribution in [2.45, 2.75) is 25.3 Å². The van der Waals surface area contributed by atoms with Crippen LogP contribution in [0.4, 0.5) is 5.69 Å². The average molecular weight is 191 g/mol. The Morgan fingerprint density at radius 1 is 1.21 bits per heavy atom. The predicted molar refractivity (Wildman–Crippen MR) is 58.9 cm³/mol. The molecule has 0 aromatic heterocycles. The number of nitrogens with two attached hydrogens (primary N) is 3. The fourth-order valence-corrected chi connectivity index (χ4v) is 2.11. The molecule has 1 atom stereocenters. The number of hydrogen-bond donors (Lipinski definition) is 3. The molecule has 0 radical (unpaired) electrons. The fraction of sp³-hybridized carbons (Fsp3) is 0.455. The first kappa shape index (κ1) is 9.49. The van der Waals surface area contributed by atoms with Crippen LogP contribution in [0.15, 0.2) is 12.1 Å². The first-order valence-corrected chi connectivity index (χ1v) is 5.09. The van der Waals surface area contributed by atoms with Crippen molar-refractivity contribution in [1.29, 1.82) is 0 Å². The van der Waals surface area contributed by atoms with Gasteiger partial charge in [-0.2, -0.15) is 0 Å². The zero-order chi connectivity index (χ0) is 10.1. The first-order chi connectivity index (χ1) is 6.72. The van der Waals surface area contributed by atoms with Crippen molar-refractivity contribution in [2.24, 2.45) is 11.5 Å². The van der Waals surface area contributed by atoms with Gasteiger partial charge in [-0.1, -0.05) is 6.07 Å².